The van der Waals surface area contributed by atoms with E-state index >= 15 is 0 Å². The molecule has 88 valence electrons. The highest BCUT2D eigenvalue weighted by molar-refractivity contribution is 6.32. The number of nitrogens with zero attached hydrogens (tertiary/aromatic N) is 1. The maximum Gasteiger partial charge on any atom is 0.424 e. The molecule has 0 N–H and O–H groups in total. The van der Waals surface area contributed by atoms with Gasteiger partial charge in [-0.3, -0.25) is 0 Å². The molecule has 3 nitrogen and oxygen atoms in total. The molecule has 17 heavy (non-hydrogen) atoms. The van der Waals surface area contributed by atoms with E-state index in [0.29, 0.717) is 21.5 Å². The number of hydrogen-bond acceptors (Lipinski definition) is 2. The normalized spacial score (nSPS) is 12.0. The first-order valence-corrected chi connectivity index (χ1v) is 5.69. The van der Waals surface area contributed by atoms with E-state index in [1.165, 1.54) is 4.57 Å². The number of aromatic nitrogens is 1. The summed E-state index contributed by atoms with van der Waals surface area (Å²) in [4.78, 5) is 11.8. The van der Waals surface area contributed by atoms with Gasteiger partial charge in [-0.25, -0.2) is 9.36 Å². The predicted octanol–water partition coefficient (Wildman–Crippen LogP) is 1.68. The van der Waals surface area contributed by atoms with Gasteiger partial charge in [0.25, 0.3) is 0 Å². The molecule has 1 aromatic heterocycles. The average Bonchev–Trinajstić information content (AvgIpc) is 2.57. The first-order valence-electron chi connectivity index (χ1n) is 5.31. The predicted molar refractivity (Wildman–Crippen MR) is 68.8 cm³/mol. The fraction of sp³-hybridized carbons (Fsp3) is 0.154. The van der Waals surface area contributed by atoms with Gasteiger partial charge in [-0.1, -0.05) is 37.2 Å². The molecule has 0 spiro atoms. The van der Waals surface area contributed by atoms with E-state index in [4.69, 9.17) is 16.0 Å². The Bertz CT molecular complexity index is 697. The molecule has 1 aromatic carbocycles. The first-order chi connectivity index (χ1) is 8.15. The van der Waals surface area contributed by atoms with Crippen molar-refractivity contribution in [2.75, 3.05) is 0 Å². The average molecular weight is 250 g/mol. The summed E-state index contributed by atoms with van der Waals surface area (Å²) < 4.78 is 6.50. The molecule has 1 heterocycles. The maximum absolute atomic E-state index is 11.8. The van der Waals surface area contributed by atoms with Crippen molar-refractivity contribution >= 4 is 24.3 Å². The number of halogens is 1. The molecule has 0 atom stereocenters. The molecule has 0 saturated heterocycles. The standard InChI is InChI=1S/C13H12ClNO2/c1-3-6-12-9(2)15(13(16)17-12)11-8-5-4-7-10(11)14/h4-8H,2-3H2,1H3/b12-6-. The summed E-state index contributed by atoms with van der Waals surface area (Å²) in [6.07, 6.45) is 2.59. The van der Waals surface area contributed by atoms with Gasteiger partial charge >= 0.3 is 5.76 Å². The van der Waals surface area contributed by atoms with E-state index in [0.717, 1.165) is 6.42 Å². The lowest BCUT2D eigenvalue weighted by Gasteiger charge is -2.02. The van der Waals surface area contributed by atoms with E-state index in [-0.39, 0.29) is 0 Å². The minimum atomic E-state index is -0.470. The van der Waals surface area contributed by atoms with Crippen LogP contribution in [0.1, 0.15) is 13.3 Å². The van der Waals surface area contributed by atoms with Crippen molar-refractivity contribution in [2.45, 2.75) is 13.3 Å². The largest absolute Gasteiger partial charge is 0.424 e. The monoisotopic (exact) mass is 249 g/mol. The third-order valence-electron chi connectivity index (χ3n) is 2.42. The highest BCUT2D eigenvalue weighted by Crippen LogP contribution is 2.16. The second-order valence-corrected chi connectivity index (χ2v) is 3.99. The lowest BCUT2D eigenvalue weighted by Crippen LogP contribution is -2.29. The molecule has 2 aromatic rings. The number of benzene rings is 1. The summed E-state index contributed by atoms with van der Waals surface area (Å²) in [5.41, 5.74) is 1.08. The quantitative estimate of drug-likeness (QED) is 0.812. The third kappa shape index (κ3) is 2.06. The summed E-state index contributed by atoms with van der Waals surface area (Å²) in [5.74, 6) is -0.470. The molecular weight excluding hydrogens is 238 g/mol. The van der Waals surface area contributed by atoms with Gasteiger partial charge < -0.3 is 4.42 Å². The molecule has 4 heteroatoms. The second kappa shape index (κ2) is 4.63. The Morgan fingerprint density at radius 3 is 2.82 bits per heavy atom. The van der Waals surface area contributed by atoms with Crippen LogP contribution in [0.5, 0.6) is 0 Å². The Hall–Kier alpha value is -1.74. The SMILES string of the molecule is C=c1/c(=C/CC)oc(=O)n1-c1ccccc1Cl. The summed E-state index contributed by atoms with van der Waals surface area (Å²) in [6, 6.07) is 7.09. The van der Waals surface area contributed by atoms with Crippen LogP contribution in [0, 0.1) is 0 Å². The van der Waals surface area contributed by atoms with Crippen molar-refractivity contribution in [3.05, 3.63) is 50.6 Å². The lowest BCUT2D eigenvalue weighted by molar-refractivity contribution is 0.476. The van der Waals surface area contributed by atoms with Crippen molar-refractivity contribution in [2.24, 2.45) is 0 Å². The van der Waals surface area contributed by atoms with Crippen LogP contribution in [0.2, 0.25) is 5.02 Å². The number of oxazole rings is 1. The van der Waals surface area contributed by atoms with Crippen LogP contribution < -0.4 is 16.5 Å². The summed E-state index contributed by atoms with van der Waals surface area (Å²) >= 11 is 6.05. The van der Waals surface area contributed by atoms with Crippen LogP contribution in [-0.4, -0.2) is 4.57 Å². The highest BCUT2D eigenvalue weighted by atomic mass is 35.5. The Kier molecular flexibility index (Phi) is 3.20. The van der Waals surface area contributed by atoms with Crippen molar-refractivity contribution < 1.29 is 4.42 Å². The maximum atomic E-state index is 11.8. The van der Waals surface area contributed by atoms with E-state index in [2.05, 4.69) is 6.58 Å². The molecule has 0 aliphatic rings. The number of para-hydroxylation sites is 1. The van der Waals surface area contributed by atoms with Gasteiger partial charge in [0.1, 0.15) is 0 Å². The smallest absolute Gasteiger partial charge is 0.408 e. The van der Waals surface area contributed by atoms with Gasteiger partial charge in [0.2, 0.25) is 0 Å². The summed E-state index contributed by atoms with van der Waals surface area (Å²) in [6.45, 7) is 5.82. The van der Waals surface area contributed by atoms with Gasteiger partial charge in [0, 0.05) is 0 Å². The van der Waals surface area contributed by atoms with Crippen LogP contribution >= 0.6 is 11.6 Å². The molecule has 0 radical (unpaired) electrons. The van der Waals surface area contributed by atoms with Gasteiger partial charge in [-0.2, -0.15) is 0 Å². The zero-order valence-electron chi connectivity index (χ0n) is 9.44. The molecule has 0 aliphatic heterocycles. The third-order valence-corrected chi connectivity index (χ3v) is 2.74. The van der Waals surface area contributed by atoms with Crippen molar-refractivity contribution in [3.63, 3.8) is 0 Å². The van der Waals surface area contributed by atoms with Gasteiger partial charge in [0.15, 0.2) is 5.42 Å². The minimum Gasteiger partial charge on any atom is -0.408 e. The van der Waals surface area contributed by atoms with Crippen LogP contribution in [0.3, 0.4) is 0 Å². The summed E-state index contributed by atoms with van der Waals surface area (Å²) in [5, 5.41) is 1.01. The van der Waals surface area contributed by atoms with E-state index in [1.54, 1.807) is 18.2 Å². The van der Waals surface area contributed by atoms with Crippen molar-refractivity contribution in [1.82, 2.24) is 4.57 Å². The molecular formula is C13H12ClNO2. The van der Waals surface area contributed by atoms with E-state index in [9.17, 15) is 4.79 Å². The van der Waals surface area contributed by atoms with E-state index < -0.39 is 5.76 Å². The first kappa shape index (κ1) is 11.7. The molecule has 0 bridgehead atoms. The Balaban J connectivity index is 2.79. The molecule has 0 fully saturated rings. The van der Waals surface area contributed by atoms with Crippen LogP contribution in [0.15, 0.2) is 33.5 Å². The minimum absolute atomic E-state index is 0.470. The molecule has 0 amide bonds. The van der Waals surface area contributed by atoms with Crippen LogP contribution in [-0.2, 0) is 0 Å². The Morgan fingerprint density at radius 2 is 2.18 bits per heavy atom. The topological polar surface area (TPSA) is 35.1 Å². The van der Waals surface area contributed by atoms with Crippen LogP contribution in [0.25, 0.3) is 18.3 Å². The molecule has 0 unspecified atom stereocenters. The van der Waals surface area contributed by atoms with Gasteiger partial charge in [0.05, 0.1) is 16.1 Å². The Labute approximate surface area is 103 Å². The Morgan fingerprint density at radius 1 is 1.47 bits per heavy atom. The zero-order chi connectivity index (χ0) is 12.4. The van der Waals surface area contributed by atoms with Gasteiger partial charge in [-0.05, 0) is 24.6 Å². The number of hydrogen-bond donors (Lipinski definition) is 0. The molecule has 0 aliphatic carbocycles. The second-order valence-electron chi connectivity index (χ2n) is 3.58. The lowest BCUT2D eigenvalue weighted by atomic mass is 10.3. The fourth-order valence-corrected chi connectivity index (χ4v) is 1.86. The number of rotatable bonds is 2. The van der Waals surface area contributed by atoms with Gasteiger partial charge in [-0.15, -0.1) is 0 Å². The van der Waals surface area contributed by atoms with Crippen molar-refractivity contribution in [1.29, 1.82) is 0 Å². The van der Waals surface area contributed by atoms with Crippen molar-refractivity contribution in [3.8, 4) is 5.69 Å². The molecule has 0 saturated carbocycles. The van der Waals surface area contributed by atoms with Crippen LogP contribution in [0.4, 0.5) is 0 Å². The zero-order valence-corrected chi connectivity index (χ0v) is 10.2. The molecule has 2 rings (SSSR count). The fourth-order valence-electron chi connectivity index (χ4n) is 1.64. The van der Waals surface area contributed by atoms with E-state index in [1.807, 2.05) is 19.1 Å². The highest BCUT2D eigenvalue weighted by Gasteiger charge is 2.08. The summed E-state index contributed by atoms with van der Waals surface area (Å²) in [7, 11) is 0.